The van der Waals surface area contributed by atoms with Crippen molar-refractivity contribution in [3.63, 3.8) is 0 Å². The third-order valence-electron chi connectivity index (χ3n) is 9.01. The lowest BCUT2D eigenvalue weighted by molar-refractivity contribution is -0.137. The van der Waals surface area contributed by atoms with E-state index in [-0.39, 0.29) is 53.8 Å². The fourth-order valence-electron chi connectivity index (χ4n) is 7.51. The normalized spacial score (nSPS) is 37.5. The summed E-state index contributed by atoms with van der Waals surface area (Å²) < 4.78 is 0. The lowest BCUT2D eigenvalue weighted by atomic mass is 9.69. The number of rotatable bonds is 9. The largest absolute Gasteiger partial charge is 0.507 e. The molecule has 2 amide bonds. The number of carbonyl (C=O) groups excluding carboxylic acids is 4. The molecule has 0 spiro atoms. The van der Waals surface area contributed by atoms with Crippen molar-refractivity contribution >= 4 is 29.4 Å². The summed E-state index contributed by atoms with van der Waals surface area (Å²) in [5.41, 5.74) is 4.93. The molecular weight excluding hydrogens is 488 g/mol. The number of aliphatic hydroxyl groups is 1. The van der Waals surface area contributed by atoms with Gasteiger partial charge in [-0.05, 0) is 86.2 Å². The Morgan fingerprint density at radius 1 is 1.08 bits per heavy atom. The van der Waals surface area contributed by atoms with Crippen LogP contribution in [0.4, 0.5) is 0 Å². The molecule has 0 unspecified atom stereocenters. The van der Waals surface area contributed by atoms with Gasteiger partial charge in [-0.1, -0.05) is 31.2 Å². The quantitative estimate of drug-likeness (QED) is 0.156. The van der Waals surface area contributed by atoms with Crippen molar-refractivity contribution in [2.75, 3.05) is 0 Å². The Labute approximate surface area is 221 Å². The molecule has 3 aliphatic carbocycles. The highest BCUT2D eigenvalue weighted by molar-refractivity contribution is 6.27. The van der Waals surface area contributed by atoms with Crippen molar-refractivity contribution in [1.29, 1.82) is 0 Å². The van der Waals surface area contributed by atoms with Crippen LogP contribution in [0.15, 0.2) is 47.8 Å². The van der Waals surface area contributed by atoms with Gasteiger partial charge >= 0.3 is 5.97 Å². The molecule has 9 heteroatoms. The molecule has 0 bridgehead atoms. The Morgan fingerprint density at radius 2 is 1.76 bits per heavy atom. The number of primary amides is 1. The van der Waals surface area contributed by atoms with Crippen LogP contribution < -0.4 is 11.1 Å². The van der Waals surface area contributed by atoms with Gasteiger partial charge in [-0.25, -0.2) is 0 Å². The SMILES string of the molecule is CC(=O)[C@H]1[C@@H]2C=C[C@@H]3[C@@H](C/C=C\C(N)=O)[C@H](/C=C/C(O)=C4C(=O)N[C@@H](CCC(=O)O)C4=O)C[C@@H]3[C@H]2C[C@H]1C. The summed E-state index contributed by atoms with van der Waals surface area (Å²) >= 11 is 0. The van der Waals surface area contributed by atoms with Gasteiger partial charge < -0.3 is 21.3 Å². The number of fused-ring (bicyclic) bond motifs is 3. The number of hydrogen-bond acceptors (Lipinski definition) is 6. The monoisotopic (exact) mass is 524 g/mol. The van der Waals surface area contributed by atoms with Crippen LogP contribution in [0.2, 0.25) is 0 Å². The second-order valence-corrected chi connectivity index (χ2v) is 11.3. The molecule has 0 radical (unpaired) electrons. The number of Topliss-reactive ketones (excluding diaryl/α,β-unsaturated/α-hetero) is 2. The molecular formula is C29H36N2O7. The van der Waals surface area contributed by atoms with Gasteiger partial charge in [0.05, 0.1) is 6.04 Å². The fourth-order valence-corrected chi connectivity index (χ4v) is 7.51. The van der Waals surface area contributed by atoms with Crippen molar-refractivity contribution in [3.8, 4) is 0 Å². The van der Waals surface area contributed by atoms with Crippen molar-refractivity contribution in [3.05, 3.63) is 47.8 Å². The summed E-state index contributed by atoms with van der Waals surface area (Å²) in [5.74, 6) is -1.53. The third kappa shape index (κ3) is 5.37. The number of carboxylic acid groups (broad SMARTS) is 1. The highest BCUT2D eigenvalue weighted by Gasteiger charge is 2.53. The zero-order chi connectivity index (χ0) is 27.7. The summed E-state index contributed by atoms with van der Waals surface area (Å²) in [6.45, 7) is 3.81. The molecule has 38 heavy (non-hydrogen) atoms. The molecule has 2 saturated carbocycles. The van der Waals surface area contributed by atoms with Crippen molar-refractivity contribution < 1.29 is 34.2 Å². The number of nitrogens with two attached hydrogens (primary N) is 1. The number of ketones is 2. The van der Waals surface area contributed by atoms with Crippen molar-refractivity contribution in [1.82, 2.24) is 5.32 Å². The van der Waals surface area contributed by atoms with Crippen LogP contribution in [0.25, 0.3) is 0 Å². The van der Waals surface area contributed by atoms with Gasteiger partial charge in [0.25, 0.3) is 5.91 Å². The first-order chi connectivity index (χ1) is 18.0. The second-order valence-electron chi connectivity index (χ2n) is 11.3. The Balaban J connectivity index is 1.57. The first kappa shape index (κ1) is 27.5. The molecule has 1 heterocycles. The summed E-state index contributed by atoms with van der Waals surface area (Å²) in [6.07, 6.45) is 12.8. The predicted octanol–water partition coefficient (Wildman–Crippen LogP) is 2.63. The average Bonchev–Trinajstić information content (AvgIpc) is 3.45. The number of carbonyl (C=O) groups is 5. The molecule has 9 atom stereocenters. The number of nitrogens with one attached hydrogen (secondary N) is 1. The van der Waals surface area contributed by atoms with Crippen molar-refractivity contribution in [2.24, 2.45) is 53.1 Å². The molecule has 5 N–H and O–H groups in total. The molecule has 4 aliphatic rings. The molecule has 3 fully saturated rings. The predicted molar refractivity (Wildman–Crippen MR) is 138 cm³/mol. The Hall–Kier alpha value is -3.49. The number of aliphatic carboxylic acids is 1. The van der Waals surface area contributed by atoms with Gasteiger partial charge in [-0.3, -0.25) is 24.0 Å². The minimum absolute atomic E-state index is 0.00253. The van der Waals surface area contributed by atoms with E-state index in [9.17, 15) is 29.1 Å². The topological polar surface area (TPSA) is 164 Å². The lowest BCUT2D eigenvalue weighted by Crippen LogP contribution is -2.31. The van der Waals surface area contributed by atoms with Crippen LogP contribution in [0.5, 0.6) is 0 Å². The molecule has 9 nitrogen and oxygen atoms in total. The molecule has 0 aromatic carbocycles. The van der Waals surface area contributed by atoms with Crippen LogP contribution in [0, 0.1) is 47.3 Å². The van der Waals surface area contributed by atoms with E-state index in [1.165, 1.54) is 12.2 Å². The van der Waals surface area contributed by atoms with E-state index < -0.39 is 35.4 Å². The highest BCUT2D eigenvalue weighted by atomic mass is 16.4. The van der Waals surface area contributed by atoms with Gasteiger partial charge in [-0.2, -0.15) is 0 Å². The van der Waals surface area contributed by atoms with E-state index in [2.05, 4.69) is 24.4 Å². The molecule has 4 rings (SSSR count). The van der Waals surface area contributed by atoms with Gasteiger partial charge in [0.2, 0.25) is 5.91 Å². The summed E-state index contributed by atoms with van der Waals surface area (Å²) in [4.78, 5) is 59.5. The zero-order valence-corrected chi connectivity index (χ0v) is 21.7. The molecule has 0 aromatic heterocycles. The van der Waals surface area contributed by atoms with Crippen LogP contribution in [0.1, 0.15) is 46.0 Å². The Morgan fingerprint density at radius 3 is 2.42 bits per heavy atom. The van der Waals surface area contributed by atoms with E-state index in [0.717, 1.165) is 12.8 Å². The van der Waals surface area contributed by atoms with Crippen LogP contribution >= 0.6 is 0 Å². The number of aliphatic hydroxyl groups excluding tert-OH is 1. The first-order valence-corrected chi connectivity index (χ1v) is 13.3. The maximum Gasteiger partial charge on any atom is 0.303 e. The van der Waals surface area contributed by atoms with Crippen LogP contribution in [0.3, 0.4) is 0 Å². The molecule has 204 valence electrons. The van der Waals surface area contributed by atoms with Gasteiger partial charge in [0.1, 0.15) is 17.1 Å². The summed E-state index contributed by atoms with van der Waals surface area (Å²) in [7, 11) is 0. The number of allylic oxidation sites excluding steroid dienone is 5. The van der Waals surface area contributed by atoms with E-state index in [1.54, 1.807) is 13.0 Å². The Kier molecular flexibility index (Phi) is 8.04. The Bertz CT molecular complexity index is 1150. The van der Waals surface area contributed by atoms with E-state index >= 15 is 0 Å². The zero-order valence-electron chi connectivity index (χ0n) is 21.7. The molecule has 1 aliphatic heterocycles. The second kappa shape index (κ2) is 11.1. The van der Waals surface area contributed by atoms with Crippen LogP contribution in [-0.4, -0.2) is 45.6 Å². The van der Waals surface area contributed by atoms with Crippen molar-refractivity contribution in [2.45, 2.75) is 52.0 Å². The number of carboxylic acids is 1. The standard InChI is InChI=1S/C29H36N2O7/c1-14-12-20-19(26(14)15(2)32)8-7-18-17(4-3-5-24(30)34)16(13-21(18)20)6-10-23(33)27-28(37)22(31-29(27)38)9-11-25(35)36/h3,5-8,10,14,16-22,26,33H,4,9,11-13H2,1-2H3,(H2,30,34)(H,31,38)(H,35,36)/b5-3-,10-6+,27-23?/t14-,16-,17+,18-,19-,20+,21+,22+,26+/m1/s1. The fraction of sp³-hybridized carbons (Fsp3) is 0.552. The maximum absolute atomic E-state index is 12.7. The van der Waals surface area contributed by atoms with E-state index in [1.807, 2.05) is 6.08 Å². The summed E-state index contributed by atoms with van der Waals surface area (Å²) in [6, 6.07) is -0.967. The average molecular weight is 525 g/mol. The van der Waals surface area contributed by atoms with Gasteiger partial charge in [0.15, 0.2) is 5.78 Å². The minimum Gasteiger partial charge on any atom is -0.507 e. The molecule has 1 saturated heterocycles. The number of hydrogen-bond donors (Lipinski definition) is 4. The molecule has 0 aromatic rings. The van der Waals surface area contributed by atoms with E-state index in [0.29, 0.717) is 24.2 Å². The third-order valence-corrected chi connectivity index (χ3v) is 9.01. The van der Waals surface area contributed by atoms with E-state index in [4.69, 9.17) is 10.8 Å². The maximum atomic E-state index is 12.7. The smallest absolute Gasteiger partial charge is 0.303 e. The number of amides is 2. The van der Waals surface area contributed by atoms with Gasteiger partial charge in [-0.15, -0.1) is 0 Å². The summed E-state index contributed by atoms with van der Waals surface area (Å²) in [5, 5.41) is 22.0. The van der Waals surface area contributed by atoms with Crippen LogP contribution in [-0.2, 0) is 24.0 Å². The minimum atomic E-state index is -1.07. The lowest BCUT2D eigenvalue weighted by Gasteiger charge is -2.35. The first-order valence-electron chi connectivity index (χ1n) is 13.3. The highest BCUT2D eigenvalue weighted by Crippen LogP contribution is 2.58. The van der Waals surface area contributed by atoms with Gasteiger partial charge in [0, 0.05) is 12.3 Å².